The van der Waals surface area contributed by atoms with Crippen molar-refractivity contribution in [2.45, 2.75) is 32.6 Å². The van der Waals surface area contributed by atoms with Crippen molar-refractivity contribution in [3.8, 4) is 6.07 Å². The van der Waals surface area contributed by atoms with E-state index in [9.17, 15) is 4.79 Å². The predicted octanol–water partition coefficient (Wildman–Crippen LogP) is 3.10. The minimum atomic E-state index is -0.305. The third kappa shape index (κ3) is 4.69. The summed E-state index contributed by atoms with van der Waals surface area (Å²) in [5.41, 5.74) is 1.37. The Balaban J connectivity index is 2.51. The highest BCUT2D eigenvalue weighted by atomic mass is 16.5. The first kappa shape index (κ1) is 13.2. The molecule has 1 rings (SSSR count). The first-order chi connectivity index (χ1) is 8.27. The highest BCUT2D eigenvalue weighted by Gasteiger charge is 2.07. The maximum absolute atomic E-state index is 11.7. The molecule has 0 unspecified atom stereocenters. The van der Waals surface area contributed by atoms with E-state index in [1.807, 2.05) is 6.07 Å². The van der Waals surface area contributed by atoms with Crippen LogP contribution < -0.4 is 0 Å². The van der Waals surface area contributed by atoms with Crippen molar-refractivity contribution in [3.05, 3.63) is 35.4 Å². The zero-order valence-electron chi connectivity index (χ0n) is 10.1. The molecule has 0 amide bonds. The van der Waals surface area contributed by atoms with Gasteiger partial charge in [-0.3, -0.25) is 0 Å². The predicted molar refractivity (Wildman–Crippen MR) is 65.6 cm³/mol. The number of hydrogen-bond acceptors (Lipinski definition) is 3. The largest absolute Gasteiger partial charge is 0.462 e. The third-order valence-corrected chi connectivity index (χ3v) is 2.43. The highest BCUT2D eigenvalue weighted by molar-refractivity contribution is 5.89. The van der Waals surface area contributed by atoms with Crippen LogP contribution in [0.15, 0.2) is 24.3 Å². The number of hydrogen-bond donors (Lipinski definition) is 0. The van der Waals surface area contributed by atoms with Crippen molar-refractivity contribution < 1.29 is 9.53 Å². The summed E-state index contributed by atoms with van der Waals surface area (Å²) in [7, 11) is 0. The van der Waals surface area contributed by atoms with Gasteiger partial charge in [-0.15, -0.1) is 0 Å². The van der Waals surface area contributed by atoms with E-state index in [2.05, 4.69) is 13.0 Å². The van der Waals surface area contributed by atoms with E-state index in [1.165, 1.54) is 0 Å². The molecule has 0 bridgehead atoms. The first-order valence-electron chi connectivity index (χ1n) is 5.91. The molecule has 0 aromatic heterocycles. The van der Waals surface area contributed by atoms with Gasteiger partial charge in [0.1, 0.15) is 0 Å². The molecule has 0 aliphatic rings. The number of nitriles is 1. The summed E-state index contributed by atoms with van der Waals surface area (Å²) in [6, 6.07) is 9.09. The fraction of sp³-hybridized carbons (Fsp3) is 0.429. The van der Waals surface area contributed by atoms with Crippen molar-refractivity contribution >= 4 is 5.97 Å². The number of benzene rings is 1. The summed E-state index contributed by atoms with van der Waals surface area (Å²) >= 11 is 0. The summed E-state index contributed by atoms with van der Waals surface area (Å²) in [4.78, 5) is 11.7. The molecule has 0 aliphatic heterocycles. The van der Waals surface area contributed by atoms with Gasteiger partial charge in [0, 0.05) is 0 Å². The van der Waals surface area contributed by atoms with E-state index in [-0.39, 0.29) is 5.97 Å². The number of rotatable bonds is 6. The fourth-order valence-electron chi connectivity index (χ4n) is 1.50. The van der Waals surface area contributed by atoms with Gasteiger partial charge < -0.3 is 4.74 Å². The lowest BCUT2D eigenvalue weighted by Crippen LogP contribution is -2.06. The standard InChI is InChI=1S/C14H17NO2/c1-2-3-4-10-17-14(16)13-7-5-6-12(11-13)8-9-15/h5-7,11H,2-4,8,10H2,1H3. The molecule has 0 fully saturated rings. The minimum Gasteiger partial charge on any atom is -0.462 e. The van der Waals surface area contributed by atoms with Gasteiger partial charge in [-0.05, 0) is 24.1 Å². The Morgan fingerprint density at radius 2 is 2.24 bits per heavy atom. The average Bonchev–Trinajstić information content (AvgIpc) is 2.35. The van der Waals surface area contributed by atoms with E-state index in [0.29, 0.717) is 18.6 Å². The summed E-state index contributed by atoms with van der Waals surface area (Å²) in [6.07, 6.45) is 3.40. The lowest BCUT2D eigenvalue weighted by Gasteiger charge is -2.05. The molecular formula is C14H17NO2. The summed E-state index contributed by atoms with van der Waals surface area (Å²) in [5.74, 6) is -0.305. The molecule has 3 nitrogen and oxygen atoms in total. The number of ether oxygens (including phenoxy) is 1. The van der Waals surface area contributed by atoms with Gasteiger partial charge in [0.05, 0.1) is 24.7 Å². The second kappa shape index (κ2) is 7.45. The Bertz CT molecular complexity index is 407. The molecule has 90 valence electrons. The summed E-state index contributed by atoms with van der Waals surface area (Å²) < 4.78 is 5.14. The molecular weight excluding hydrogens is 214 g/mol. The maximum Gasteiger partial charge on any atom is 0.338 e. The SMILES string of the molecule is CCCCCOC(=O)c1cccc(CC#N)c1. The van der Waals surface area contributed by atoms with Gasteiger partial charge >= 0.3 is 5.97 Å². The van der Waals surface area contributed by atoms with Crippen molar-refractivity contribution in [2.24, 2.45) is 0 Å². The average molecular weight is 231 g/mol. The highest BCUT2D eigenvalue weighted by Crippen LogP contribution is 2.08. The van der Waals surface area contributed by atoms with E-state index < -0.39 is 0 Å². The number of unbranched alkanes of at least 4 members (excludes halogenated alkanes) is 2. The molecule has 0 spiro atoms. The molecule has 0 saturated carbocycles. The Morgan fingerprint density at radius 3 is 2.94 bits per heavy atom. The number of nitrogens with zero attached hydrogens (tertiary/aromatic N) is 1. The van der Waals surface area contributed by atoms with Crippen LogP contribution in [0.3, 0.4) is 0 Å². The van der Waals surface area contributed by atoms with Crippen LogP contribution in [0.1, 0.15) is 42.1 Å². The van der Waals surface area contributed by atoms with Gasteiger partial charge in [0.25, 0.3) is 0 Å². The molecule has 17 heavy (non-hydrogen) atoms. The van der Waals surface area contributed by atoms with Crippen LogP contribution >= 0.6 is 0 Å². The van der Waals surface area contributed by atoms with Crippen molar-refractivity contribution in [2.75, 3.05) is 6.61 Å². The Labute approximate surface area is 102 Å². The molecule has 3 heteroatoms. The van der Waals surface area contributed by atoms with Crippen molar-refractivity contribution in [1.82, 2.24) is 0 Å². The smallest absolute Gasteiger partial charge is 0.338 e. The van der Waals surface area contributed by atoms with Crippen LogP contribution in [-0.2, 0) is 11.2 Å². The topological polar surface area (TPSA) is 50.1 Å². The lowest BCUT2D eigenvalue weighted by atomic mass is 10.1. The Hall–Kier alpha value is -1.82. The molecule has 0 N–H and O–H groups in total. The molecule has 0 aliphatic carbocycles. The van der Waals surface area contributed by atoms with Gasteiger partial charge in [0.2, 0.25) is 0 Å². The molecule has 0 atom stereocenters. The van der Waals surface area contributed by atoms with Crippen molar-refractivity contribution in [3.63, 3.8) is 0 Å². The van der Waals surface area contributed by atoms with Crippen LogP contribution in [0.2, 0.25) is 0 Å². The summed E-state index contributed by atoms with van der Waals surface area (Å²) in [5, 5.41) is 8.58. The minimum absolute atomic E-state index is 0.305. The Kier molecular flexibility index (Phi) is 5.81. The zero-order valence-corrected chi connectivity index (χ0v) is 10.1. The lowest BCUT2D eigenvalue weighted by molar-refractivity contribution is 0.0498. The van der Waals surface area contributed by atoms with Gasteiger partial charge in [-0.1, -0.05) is 31.9 Å². The monoisotopic (exact) mass is 231 g/mol. The number of esters is 1. The van der Waals surface area contributed by atoms with Crippen LogP contribution in [0.4, 0.5) is 0 Å². The fourth-order valence-corrected chi connectivity index (χ4v) is 1.50. The maximum atomic E-state index is 11.7. The number of carbonyl (C=O) groups is 1. The van der Waals surface area contributed by atoms with Crippen molar-refractivity contribution in [1.29, 1.82) is 5.26 Å². The summed E-state index contributed by atoms with van der Waals surface area (Å²) in [6.45, 7) is 2.57. The number of carbonyl (C=O) groups excluding carboxylic acids is 1. The van der Waals surface area contributed by atoms with Crippen LogP contribution in [0.25, 0.3) is 0 Å². The van der Waals surface area contributed by atoms with E-state index in [4.69, 9.17) is 10.00 Å². The van der Waals surface area contributed by atoms with E-state index in [0.717, 1.165) is 24.8 Å². The quantitative estimate of drug-likeness (QED) is 0.558. The second-order valence-electron chi connectivity index (χ2n) is 3.88. The Morgan fingerprint density at radius 1 is 1.41 bits per heavy atom. The van der Waals surface area contributed by atoms with E-state index >= 15 is 0 Å². The normalized spacial score (nSPS) is 9.65. The molecule has 0 radical (unpaired) electrons. The second-order valence-corrected chi connectivity index (χ2v) is 3.88. The molecule has 0 saturated heterocycles. The van der Waals surface area contributed by atoms with Crippen LogP contribution in [0.5, 0.6) is 0 Å². The molecule has 0 heterocycles. The van der Waals surface area contributed by atoms with Crippen LogP contribution in [0, 0.1) is 11.3 Å². The third-order valence-electron chi connectivity index (χ3n) is 2.43. The molecule has 1 aromatic carbocycles. The first-order valence-corrected chi connectivity index (χ1v) is 5.91. The zero-order chi connectivity index (χ0) is 12.5. The van der Waals surface area contributed by atoms with Gasteiger partial charge in [-0.25, -0.2) is 4.79 Å². The van der Waals surface area contributed by atoms with Crippen LogP contribution in [-0.4, -0.2) is 12.6 Å². The molecule has 1 aromatic rings. The van der Waals surface area contributed by atoms with Gasteiger partial charge in [0.15, 0.2) is 0 Å². The van der Waals surface area contributed by atoms with Gasteiger partial charge in [-0.2, -0.15) is 5.26 Å². The van der Waals surface area contributed by atoms with E-state index in [1.54, 1.807) is 18.2 Å².